The van der Waals surface area contributed by atoms with Crippen LogP contribution in [0.5, 0.6) is 0 Å². The number of hydrogen-bond acceptors (Lipinski definition) is 8. The van der Waals surface area contributed by atoms with Crippen LogP contribution in [-0.4, -0.2) is 99.1 Å². The molecule has 11 heteroatoms. The first-order chi connectivity index (χ1) is 25.6. The fourth-order valence-electron chi connectivity index (χ4n) is 7.83. The molecule has 0 aromatic rings. The molecule has 0 bridgehead atoms. The summed E-state index contributed by atoms with van der Waals surface area (Å²) in [7, 11) is 0. The minimum atomic E-state index is -1.63. The highest BCUT2D eigenvalue weighted by Crippen LogP contribution is 2.32. The van der Waals surface area contributed by atoms with E-state index in [1.807, 2.05) is 0 Å². The summed E-state index contributed by atoms with van der Waals surface area (Å²) in [5.41, 5.74) is 0. The molecule has 6 N–H and O–H groups in total. The molecule has 2 fully saturated rings. The quantitative estimate of drug-likeness (QED) is 0.0387. The Morgan fingerprint density at radius 3 is 1.83 bits per heavy atom. The van der Waals surface area contributed by atoms with Gasteiger partial charge in [0, 0.05) is 5.92 Å². The minimum absolute atomic E-state index is 0.175. The summed E-state index contributed by atoms with van der Waals surface area (Å²) >= 11 is 0. The van der Waals surface area contributed by atoms with Gasteiger partial charge < -0.3 is 40.1 Å². The van der Waals surface area contributed by atoms with Crippen molar-refractivity contribution in [3.8, 4) is 0 Å². The average molecular weight is 767 g/mol. The van der Waals surface area contributed by atoms with E-state index in [1.165, 1.54) is 57.4 Å². The normalized spacial score (nSPS) is 28.6. The second kappa shape index (κ2) is 29.5. The Balaban J connectivity index is 1.74. The average Bonchev–Trinajstić information content (AvgIpc) is 3.15. The standard InChI is InChI=1S/C42H77F3O8/c1-2-3-4-5-6-7-8-9-10-15-18-21-24-36(47)38(48)32(30-52-42-41(51)40(50)39(49)37(29-46)53-42)28-33(43)23-20-17-14-12-11-13-16-19-22-31-25-26-34(44)35(45)27-31/h28,31-32,34-42,46-51H,2-27,29-30H2,1H3/b33-28+/t31?,32-,34?,35?,36+,37?,38-,39?,40?,41?,42?/m0/s1. The van der Waals surface area contributed by atoms with Crippen molar-refractivity contribution < 1.29 is 53.3 Å². The molecule has 0 aromatic carbocycles. The number of hydrogen-bond donors (Lipinski definition) is 6. The van der Waals surface area contributed by atoms with Crippen LogP contribution in [0.4, 0.5) is 13.2 Å². The van der Waals surface area contributed by atoms with Crippen LogP contribution in [0, 0.1) is 11.8 Å². The van der Waals surface area contributed by atoms with E-state index in [0.717, 1.165) is 83.5 Å². The molecule has 53 heavy (non-hydrogen) atoms. The fraction of sp³-hybridized carbons (Fsp3) is 0.952. The first-order valence-corrected chi connectivity index (χ1v) is 21.5. The monoisotopic (exact) mass is 767 g/mol. The maximum atomic E-state index is 15.2. The Kier molecular flexibility index (Phi) is 26.9. The number of halogens is 3. The summed E-state index contributed by atoms with van der Waals surface area (Å²) in [5, 5.41) is 62.1. The molecule has 0 radical (unpaired) electrons. The lowest BCUT2D eigenvalue weighted by Gasteiger charge is -2.40. The van der Waals surface area contributed by atoms with Crippen LogP contribution in [-0.2, 0) is 9.47 Å². The molecule has 0 aromatic heterocycles. The molecule has 1 aliphatic carbocycles. The molecule has 2 rings (SSSR count). The molecule has 8 nitrogen and oxygen atoms in total. The second-order valence-corrected chi connectivity index (χ2v) is 16.1. The minimum Gasteiger partial charge on any atom is -0.394 e. The summed E-state index contributed by atoms with van der Waals surface area (Å²) in [6.07, 6.45) is 13.8. The second-order valence-electron chi connectivity index (χ2n) is 16.1. The molecular weight excluding hydrogens is 689 g/mol. The number of ether oxygens (including phenoxy) is 2. The van der Waals surface area contributed by atoms with Gasteiger partial charge in [0.2, 0.25) is 0 Å². The number of allylic oxidation sites excluding steroid dienone is 1. The summed E-state index contributed by atoms with van der Waals surface area (Å²) in [5.74, 6) is -1.08. The van der Waals surface area contributed by atoms with Crippen molar-refractivity contribution in [1.82, 2.24) is 0 Å². The highest BCUT2D eigenvalue weighted by Gasteiger charge is 2.44. The van der Waals surface area contributed by atoms with E-state index in [9.17, 15) is 39.4 Å². The predicted molar refractivity (Wildman–Crippen MR) is 203 cm³/mol. The van der Waals surface area contributed by atoms with Crippen LogP contribution in [0.1, 0.15) is 174 Å². The Bertz CT molecular complexity index is 914. The van der Waals surface area contributed by atoms with Gasteiger partial charge in [-0.05, 0) is 50.5 Å². The van der Waals surface area contributed by atoms with E-state index in [2.05, 4.69) is 6.92 Å². The molecular formula is C42H77F3O8. The number of rotatable bonds is 31. The molecule has 0 amide bonds. The number of unbranched alkanes of at least 4 members (excludes halogenated alkanes) is 18. The lowest BCUT2D eigenvalue weighted by molar-refractivity contribution is -0.303. The zero-order valence-corrected chi connectivity index (χ0v) is 32.9. The van der Waals surface area contributed by atoms with Gasteiger partial charge in [-0.2, -0.15) is 0 Å². The molecule has 1 saturated carbocycles. The highest BCUT2D eigenvalue weighted by atomic mass is 19.2. The number of aliphatic hydroxyl groups is 6. The Morgan fingerprint density at radius 1 is 0.717 bits per heavy atom. The largest absolute Gasteiger partial charge is 0.394 e. The van der Waals surface area contributed by atoms with Gasteiger partial charge in [-0.25, -0.2) is 13.2 Å². The van der Waals surface area contributed by atoms with E-state index in [0.29, 0.717) is 31.6 Å². The van der Waals surface area contributed by atoms with E-state index < -0.39 is 73.6 Å². The Hall–Kier alpha value is -0.790. The number of alkyl halides is 2. The van der Waals surface area contributed by atoms with Gasteiger partial charge >= 0.3 is 0 Å². The highest BCUT2D eigenvalue weighted by molar-refractivity contribution is 5.00. The van der Waals surface area contributed by atoms with Gasteiger partial charge in [-0.15, -0.1) is 0 Å². The summed E-state index contributed by atoms with van der Waals surface area (Å²) in [4.78, 5) is 0. The third kappa shape index (κ3) is 20.3. The van der Waals surface area contributed by atoms with Crippen molar-refractivity contribution >= 4 is 0 Å². The van der Waals surface area contributed by atoms with E-state index in [1.54, 1.807) is 0 Å². The molecule has 0 spiro atoms. The van der Waals surface area contributed by atoms with Gasteiger partial charge in [-0.3, -0.25) is 0 Å². The molecule has 1 heterocycles. The SMILES string of the molecule is CCCCCCCCCCCCCC[C@@H](O)[C@@H](O)[C@@H](/C=C(/F)CCCCCCCCCCC1CCC(F)C(F)C1)COC1OC(CO)C(O)C(O)C1O. The van der Waals surface area contributed by atoms with Gasteiger partial charge in [0.25, 0.3) is 0 Å². The van der Waals surface area contributed by atoms with Crippen LogP contribution in [0.2, 0.25) is 0 Å². The lowest BCUT2D eigenvalue weighted by atomic mass is 9.83. The fourth-order valence-corrected chi connectivity index (χ4v) is 7.83. The van der Waals surface area contributed by atoms with Gasteiger partial charge in [0.05, 0.1) is 31.2 Å². The smallest absolute Gasteiger partial charge is 0.186 e. The summed E-state index contributed by atoms with van der Waals surface area (Å²) in [6, 6.07) is 0. The van der Waals surface area contributed by atoms with Crippen LogP contribution < -0.4 is 0 Å². The van der Waals surface area contributed by atoms with E-state index in [4.69, 9.17) is 9.47 Å². The van der Waals surface area contributed by atoms with Crippen LogP contribution in [0.3, 0.4) is 0 Å². The summed E-state index contributed by atoms with van der Waals surface area (Å²) in [6.45, 7) is 1.29. The van der Waals surface area contributed by atoms with Crippen LogP contribution >= 0.6 is 0 Å². The molecule has 11 atom stereocenters. The van der Waals surface area contributed by atoms with Crippen molar-refractivity contribution in [2.45, 2.75) is 229 Å². The van der Waals surface area contributed by atoms with Crippen molar-refractivity contribution in [2.75, 3.05) is 13.2 Å². The lowest BCUT2D eigenvalue weighted by Crippen LogP contribution is -2.59. The number of aliphatic hydroxyl groups excluding tert-OH is 6. The van der Waals surface area contributed by atoms with Gasteiger partial charge in [0.1, 0.15) is 36.8 Å². The molecule has 1 saturated heterocycles. The maximum absolute atomic E-state index is 15.2. The summed E-state index contributed by atoms with van der Waals surface area (Å²) < 4.78 is 53.2. The third-order valence-electron chi connectivity index (χ3n) is 11.5. The van der Waals surface area contributed by atoms with Crippen molar-refractivity contribution in [3.63, 3.8) is 0 Å². The van der Waals surface area contributed by atoms with Gasteiger partial charge in [-0.1, -0.05) is 135 Å². The van der Waals surface area contributed by atoms with Crippen LogP contribution in [0.15, 0.2) is 11.9 Å². The van der Waals surface area contributed by atoms with Gasteiger partial charge in [0.15, 0.2) is 6.29 Å². The maximum Gasteiger partial charge on any atom is 0.186 e. The topological polar surface area (TPSA) is 140 Å². The molecule has 314 valence electrons. The van der Waals surface area contributed by atoms with Crippen molar-refractivity contribution in [3.05, 3.63) is 11.9 Å². The third-order valence-corrected chi connectivity index (χ3v) is 11.5. The Morgan fingerprint density at radius 2 is 1.26 bits per heavy atom. The molecule has 8 unspecified atom stereocenters. The van der Waals surface area contributed by atoms with E-state index >= 15 is 4.39 Å². The van der Waals surface area contributed by atoms with Crippen LogP contribution in [0.25, 0.3) is 0 Å². The van der Waals surface area contributed by atoms with E-state index in [-0.39, 0.29) is 13.0 Å². The molecule has 2 aliphatic rings. The first-order valence-electron chi connectivity index (χ1n) is 21.5. The zero-order chi connectivity index (χ0) is 38.8. The van der Waals surface area contributed by atoms with Crippen molar-refractivity contribution in [2.24, 2.45) is 11.8 Å². The Labute approximate surface area is 318 Å². The first kappa shape index (κ1) is 48.4. The predicted octanol–water partition coefficient (Wildman–Crippen LogP) is 8.46. The molecule has 1 aliphatic heterocycles. The zero-order valence-electron chi connectivity index (χ0n) is 32.9. The van der Waals surface area contributed by atoms with Crippen molar-refractivity contribution in [1.29, 1.82) is 0 Å².